The van der Waals surface area contributed by atoms with E-state index in [4.69, 9.17) is 4.74 Å². The Balaban J connectivity index is 1.88. The average Bonchev–Trinajstić information content (AvgIpc) is 2.47. The molecule has 18 heavy (non-hydrogen) atoms. The zero-order chi connectivity index (χ0) is 12.4. The van der Waals surface area contributed by atoms with E-state index in [0.717, 1.165) is 12.2 Å². The zero-order valence-electron chi connectivity index (χ0n) is 10.2. The fourth-order valence-corrected chi connectivity index (χ4v) is 4.35. The van der Waals surface area contributed by atoms with E-state index in [0.29, 0.717) is 15.0 Å². The Kier molecular flexibility index (Phi) is 3.22. The van der Waals surface area contributed by atoms with Gasteiger partial charge in [0.15, 0.2) is 0 Å². The van der Waals surface area contributed by atoms with Crippen LogP contribution in [0.25, 0.3) is 4.47 Å². The van der Waals surface area contributed by atoms with E-state index in [1.54, 1.807) is 7.11 Å². The van der Waals surface area contributed by atoms with Crippen molar-refractivity contribution in [1.82, 2.24) is 0 Å². The molecule has 2 aromatic rings. The molecule has 1 aliphatic rings. The first-order chi connectivity index (χ1) is 8.86. The van der Waals surface area contributed by atoms with Gasteiger partial charge in [-0.2, -0.15) is 0 Å². The average molecular weight is 301 g/mol. The molecule has 0 amide bonds. The van der Waals surface area contributed by atoms with Gasteiger partial charge in [0.25, 0.3) is 0 Å². The van der Waals surface area contributed by atoms with Crippen molar-refractivity contribution in [3.05, 3.63) is 65.7 Å². The maximum absolute atomic E-state index is 5.20. The van der Waals surface area contributed by atoms with E-state index < -0.39 is 0 Å². The van der Waals surface area contributed by atoms with Crippen LogP contribution in [-0.4, -0.2) is 22.1 Å². The van der Waals surface area contributed by atoms with E-state index in [9.17, 15) is 0 Å². The standard InChI is InChI=1S/C16H14OSe/c1-17-14-9-6-13(7-10-14)16-11-8-12-4-2-3-5-15(12)18-16/h2-7,9-11H,8H2,1H3. The molecule has 0 radical (unpaired) electrons. The molecule has 0 aromatic heterocycles. The van der Waals surface area contributed by atoms with Crippen LogP contribution in [-0.2, 0) is 6.42 Å². The van der Waals surface area contributed by atoms with Gasteiger partial charge in [-0.15, -0.1) is 0 Å². The first-order valence-electron chi connectivity index (χ1n) is 5.97. The Labute approximate surface area is 114 Å². The molecule has 0 fully saturated rings. The predicted octanol–water partition coefficient (Wildman–Crippen LogP) is 2.62. The Morgan fingerprint density at radius 1 is 1.00 bits per heavy atom. The van der Waals surface area contributed by atoms with Gasteiger partial charge in [-0.3, -0.25) is 0 Å². The van der Waals surface area contributed by atoms with E-state index in [2.05, 4.69) is 42.5 Å². The van der Waals surface area contributed by atoms with Crippen molar-refractivity contribution in [3.63, 3.8) is 0 Å². The van der Waals surface area contributed by atoms with Crippen LogP contribution >= 0.6 is 0 Å². The van der Waals surface area contributed by atoms with Crippen molar-refractivity contribution in [2.75, 3.05) is 7.11 Å². The topological polar surface area (TPSA) is 9.23 Å². The number of rotatable bonds is 2. The number of allylic oxidation sites excluding steroid dienone is 1. The summed E-state index contributed by atoms with van der Waals surface area (Å²) in [6.45, 7) is 0. The summed E-state index contributed by atoms with van der Waals surface area (Å²) >= 11 is 0.420. The predicted molar refractivity (Wildman–Crippen MR) is 76.5 cm³/mol. The molecule has 1 nitrogen and oxygen atoms in total. The van der Waals surface area contributed by atoms with E-state index in [-0.39, 0.29) is 0 Å². The fourth-order valence-electron chi connectivity index (χ4n) is 2.07. The van der Waals surface area contributed by atoms with Crippen LogP contribution in [0.15, 0.2) is 54.6 Å². The summed E-state index contributed by atoms with van der Waals surface area (Å²) in [7, 11) is 1.70. The van der Waals surface area contributed by atoms with Crippen LogP contribution in [0.5, 0.6) is 5.75 Å². The molecule has 0 N–H and O–H groups in total. The number of hydrogen-bond acceptors (Lipinski definition) is 1. The van der Waals surface area contributed by atoms with Gasteiger partial charge in [0.05, 0.1) is 0 Å². The molecule has 0 saturated heterocycles. The molecule has 2 heteroatoms. The third kappa shape index (κ3) is 2.22. The maximum atomic E-state index is 5.20. The Bertz CT molecular complexity index is 584. The second kappa shape index (κ2) is 5.01. The molecule has 0 spiro atoms. The van der Waals surface area contributed by atoms with Gasteiger partial charge in [0.2, 0.25) is 0 Å². The fraction of sp³-hybridized carbons (Fsp3) is 0.125. The van der Waals surface area contributed by atoms with Crippen LogP contribution in [0.4, 0.5) is 0 Å². The summed E-state index contributed by atoms with van der Waals surface area (Å²) in [5.74, 6) is 0.919. The molecule has 3 rings (SSSR count). The van der Waals surface area contributed by atoms with Crippen LogP contribution < -0.4 is 9.20 Å². The van der Waals surface area contributed by atoms with Crippen molar-refractivity contribution in [3.8, 4) is 5.75 Å². The monoisotopic (exact) mass is 302 g/mol. The van der Waals surface area contributed by atoms with Crippen molar-refractivity contribution in [1.29, 1.82) is 0 Å². The first kappa shape index (κ1) is 11.6. The van der Waals surface area contributed by atoms with E-state index in [1.165, 1.54) is 20.1 Å². The second-order valence-electron chi connectivity index (χ2n) is 4.21. The van der Waals surface area contributed by atoms with Crippen molar-refractivity contribution in [2.24, 2.45) is 0 Å². The molecule has 0 saturated carbocycles. The van der Waals surface area contributed by atoms with Crippen molar-refractivity contribution in [2.45, 2.75) is 6.42 Å². The van der Waals surface area contributed by atoms with Crippen LogP contribution in [0.2, 0.25) is 0 Å². The zero-order valence-corrected chi connectivity index (χ0v) is 11.9. The minimum absolute atomic E-state index is 0.420. The molecular weight excluding hydrogens is 287 g/mol. The van der Waals surface area contributed by atoms with Crippen molar-refractivity contribution < 1.29 is 4.74 Å². The Hall–Kier alpha value is -1.50. The number of fused-ring (bicyclic) bond motifs is 1. The van der Waals surface area contributed by atoms with Crippen LogP contribution in [0.1, 0.15) is 11.1 Å². The Morgan fingerprint density at radius 3 is 2.56 bits per heavy atom. The third-order valence-electron chi connectivity index (χ3n) is 3.07. The molecule has 2 aromatic carbocycles. The normalized spacial score (nSPS) is 13.7. The molecule has 1 heterocycles. The molecule has 1 aliphatic heterocycles. The summed E-state index contributed by atoms with van der Waals surface area (Å²) in [6, 6.07) is 17.1. The molecule has 0 aliphatic carbocycles. The van der Waals surface area contributed by atoms with Gasteiger partial charge >= 0.3 is 114 Å². The quantitative estimate of drug-likeness (QED) is 0.775. The van der Waals surface area contributed by atoms with Gasteiger partial charge in [-0.05, 0) is 0 Å². The summed E-state index contributed by atoms with van der Waals surface area (Å²) in [5, 5.41) is 0. The van der Waals surface area contributed by atoms with Gasteiger partial charge in [-0.1, -0.05) is 0 Å². The summed E-state index contributed by atoms with van der Waals surface area (Å²) in [5.41, 5.74) is 2.81. The minimum atomic E-state index is 0.420. The van der Waals surface area contributed by atoms with Gasteiger partial charge in [0, 0.05) is 0 Å². The van der Waals surface area contributed by atoms with E-state index in [1.807, 2.05) is 12.1 Å². The molecule has 0 bridgehead atoms. The molecular formula is C16H14OSe. The first-order valence-corrected chi connectivity index (χ1v) is 7.68. The van der Waals surface area contributed by atoms with Crippen LogP contribution in [0.3, 0.4) is 0 Å². The SMILES string of the molecule is COc1ccc(C2=CCc3ccccc3[Se]2)cc1. The number of ether oxygens (including phenoxy) is 1. The van der Waals surface area contributed by atoms with Gasteiger partial charge in [0.1, 0.15) is 0 Å². The number of benzene rings is 2. The number of methoxy groups -OCH3 is 1. The molecule has 0 unspecified atom stereocenters. The van der Waals surface area contributed by atoms with E-state index >= 15 is 0 Å². The van der Waals surface area contributed by atoms with Crippen LogP contribution in [0, 0.1) is 0 Å². The summed E-state index contributed by atoms with van der Waals surface area (Å²) in [6.07, 6.45) is 3.42. The molecule has 90 valence electrons. The Morgan fingerprint density at radius 2 is 1.78 bits per heavy atom. The summed E-state index contributed by atoms with van der Waals surface area (Å²) < 4.78 is 8.19. The second-order valence-corrected chi connectivity index (χ2v) is 6.48. The van der Waals surface area contributed by atoms with Gasteiger partial charge in [-0.25, -0.2) is 0 Å². The third-order valence-corrected chi connectivity index (χ3v) is 5.68. The summed E-state index contributed by atoms with van der Waals surface area (Å²) in [4.78, 5) is 0. The van der Waals surface area contributed by atoms with Crippen molar-refractivity contribution >= 4 is 23.9 Å². The molecule has 0 atom stereocenters. The number of hydrogen-bond donors (Lipinski definition) is 0. The van der Waals surface area contributed by atoms with Gasteiger partial charge < -0.3 is 0 Å².